The zero-order chi connectivity index (χ0) is 14.5. The number of halogens is 1. The molecule has 0 bridgehead atoms. The molecule has 1 aromatic carbocycles. The first kappa shape index (κ1) is 14.9. The van der Waals surface area contributed by atoms with Gasteiger partial charge >= 0.3 is 0 Å². The van der Waals surface area contributed by atoms with E-state index in [9.17, 15) is 0 Å². The first-order valence-corrected chi connectivity index (χ1v) is 7.61. The minimum atomic E-state index is 0.805. The largest absolute Gasteiger partial charge is 0.399 e. The number of hydrogen-bond acceptors (Lipinski definition) is 3. The minimum absolute atomic E-state index is 0.805. The number of aromatic nitrogens is 1. The Morgan fingerprint density at radius 2 is 2.10 bits per heavy atom. The van der Waals surface area contributed by atoms with Gasteiger partial charge < -0.3 is 10.6 Å². The molecule has 2 rings (SSSR count). The van der Waals surface area contributed by atoms with Crippen molar-refractivity contribution in [3.63, 3.8) is 0 Å². The molecule has 0 unspecified atom stereocenters. The molecule has 0 aliphatic carbocycles. The van der Waals surface area contributed by atoms with Crippen molar-refractivity contribution in [3.05, 3.63) is 52.1 Å². The van der Waals surface area contributed by atoms with Gasteiger partial charge in [-0.3, -0.25) is 0 Å². The van der Waals surface area contributed by atoms with Crippen molar-refractivity contribution in [1.29, 1.82) is 0 Å². The van der Waals surface area contributed by atoms with Crippen molar-refractivity contribution in [2.45, 2.75) is 26.8 Å². The summed E-state index contributed by atoms with van der Waals surface area (Å²) >= 11 is 3.50. The molecule has 4 heteroatoms. The number of benzene rings is 1. The Morgan fingerprint density at radius 1 is 1.30 bits per heavy atom. The lowest BCUT2D eigenvalue weighted by atomic mass is 10.2. The summed E-state index contributed by atoms with van der Waals surface area (Å²) in [7, 11) is 0. The summed E-state index contributed by atoms with van der Waals surface area (Å²) in [5, 5.41) is 0. The first-order valence-electron chi connectivity index (χ1n) is 6.81. The molecule has 1 aromatic heterocycles. The number of pyridine rings is 1. The molecule has 0 aliphatic rings. The quantitative estimate of drug-likeness (QED) is 0.835. The fraction of sp³-hybridized carbons (Fsp3) is 0.312. The molecule has 2 aromatic rings. The van der Waals surface area contributed by atoms with Gasteiger partial charge in [-0.2, -0.15) is 0 Å². The second kappa shape index (κ2) is 6.75. The SMILES string of the molecule is CCCN(Cc1cccc(N)c1)c1cc(C)c(Br)cn1. The number of nitrogen functional groups attached to an aromatic ring is 1. The second-order valence-corrected chi connectivity index (χ2v) is 5.81. The van der Waals surface area contributed by atoms with Gasteiger partial charge in [-0.15, -0.1) is 0 Å². The van der Waals surface area contributed by atoms with E-state index in [1.807, 2.05) is 24.4 Å². The zero-order valence-electron chi connectivity index (χ0n) is 11.9. The van der Waals surface area contributed by atoms with Crippen LogP contribution in [0.4, 0.5) is 11.5 Å². The second-order valence-electron chi connectivity index (χ2n) is 4.96. The molecule has 0 atom stereocenters. The van der Waals surface area contributed by atoms with E-state index in [0.29, 0.717) is 0 Å². The maximum atomic E-state index is 5.85. The van der Waals surface area contributed by atoms with Crippen LogP contribution in [0.2, 0.25) is 0 Å². The zero-order valence-corrected chi connectivity index (χ0v) is 13.5. The van der Waals surface area contributed by atoms with Crippen LogP contribution < -0.4 is 10.6 Å². The Bertz CT molecular complexity index is 584. The van der Waals surface area contributed by atoms with Crippen LogP contribution in [0, 0.1) is 6.92 Å². The predicted molar refractivity (Wildman–Crippen MR) is 88.9 cm³/mol. The molecular formula is C16H20BrN3. The maximum absolute atomic E-state index is 5.85. The van der Waals surface area contributed by atoms with Gasteiger partial charge in [-0.1, -0.05) is 19.1 Å². The van der Waals surface area contributed by atoms with Gasteiger partial charge in [0.2, 0.25) is 0 Å². The molecule has 0 radical (unpaired) electrons. The Balaban J connectivity index is 2.24. The summed E-state index contributed by atoms with van der Waals surface area (Å²) in [5.41, 5.74) is 9.06. The topological polar surface area (TPSA) is 42.1 Å². The third-order valence-electron chi connectivity index (χ3n) is 3.17. The molecule has 0 aliphatic heterocycles. The van der Waals surface area contributed by atoms with E-state index in [-0.39, 0.29) is 0 Å². The van der Waals surface area contributed by atoms with E-state index < -0.39 is 0 Å². The highest BCUT2D eigenvalue weighted by Crippen LogP contribution is 2.22. The molecule has 0 amide bonds. The van der Waals surface area contributed by atoms with Crippen molar-refractivity contribution in [1.82, 2.24) is 4.98 Å². The standard InChI is InChI=1S/C16H20BrN3/c1-3-7-20(11-13-5-4-6-14(18)9-13)16-8-12(2)15(17)10-19-16/h4-6,8-10H,3,7,11,18H2,1-2H3. The van der Waals surface area contributed by atoms with E-state index in [1.54, 1.807) is 0 Å². The van der Waals surface area contributed by atoms with Crippen molar-refractivity contribution in [2.75, 3.05) is 17.2 Å². The van der Waals surface area contributed by atoms with Gasteiger partial charge in [0.1, 0.15) is 5.82 Å². The van der Waals surface area contributed by atoms with Crippen LogP contribution in [0.5, 0.6) is 0 Å². The van der Waals surface area contributed by atoms with Crippen LogP contribution in [0.1, 0.15) is 24.5 Å². The van der Waals surface area contributed by atoms with Gasteiger partial charge in [0.05, 0.1) is 0 Å². The average Bonchev–Trinajstić information content (AvgIpc) is 2.41. The maximum Gasteiger partial charge on any atom is 0.129 e. The Morgan fingerprint density at radius 3 is 2.75 bits per heavy atom. The Labute approximate surface area is 129 Å². The lowest BCUT2D eigenvalue weighted by molar-refractivity contribution is 0.754. The number of rotatable bonds is 5. The lowest BCUT2D eigenvalue weighted by Crippen LogP contribution is -2.24. The highest BCUT2D eigenvalue weighted by Gasteiger charge is 2.09. The fourth-order valence-electron chi connectivity index (χ4n) is 2.15. The Hall–Kier alpha value is -1.55. The van der Waals surface area contributed by atoms with Crippen molar-refractivity contribution in [3.8, 4) is 0 Å². The van der Waals surface area contributed by atoms with Crippen molar-refractivity contribution < 1.29 is 0 Å². The normalized spacial score (nSPS) is 10.6. The van der Waals surface area contributed by atoms with Crippen molar-refractivity contribution in [2.24, 2.45) is 0 Å². The summed E-state index contributed by atoms with van der Waals surface area (Å²) in [4.78, 5) is 6.81. The molecule has 0 spiro atoms. The van der Waals surface area contributed by atoms with Crippen LogP contribution in [-0.4, -0.2) is 11.5 Å². The third-order valence-corrected chi connectivity index (χ3v) is 4.00. The fourth-order valence-corrected chi connectivity index (χ4v) is 2.37. The third kappa shape index (κ3) is 3.73. The molecule has 0 saturated heterocycles. The summed E-state index contributed by atoms with van der Waals surface area (Å²) in [6.45, 7) is 6.06. The van der Waals surface area contributed by atoms with Gasteiger partial charge in [0, 0.05) is 29.4 Å². The van der Waals surface area contributed by atoms with Crippen LogP contribution in [0.3, 0.4) is 0 Å². The molecule has 2 N–H and O–H groups in total. The molecule has 0 fully saturated rings. The molecule has 3 nitrogen and oxygen atoms in total. The van der Waals surface area contributed by atoms with E-state index in [0.717, 1.165) is 35.5 Å². The smallest absolute Gasteiger partial charge is 0.129 e. The summed E-state index contributed by atoms with van der Waals surface area (Å²) in [6.07, 6.45) is 2.95. The number of nitrogens with two attached hydrogens (primary N) is 1. The van der Waals surface area contributed by atoms with Crippen molar-refractivity contribution >= 4 is 27.4 Å². The summed E-state index contributed by atoms with van der Waals surface area (Å²) < 4.78 is 1.04. The molecular weight excluding hydrogens is 314 g/mol. The van der Waals surface area contributed by atoms with Crippen LogP contribution in [0.25, 0.3) is 0 Å². The number of hydrogen-bond donors (Lipinski definition) is 1. The molecule has 106 valence electrons. The van der Waals surface area contributed by atoms with Gasteiger partial charge in [0.15, 0.2) is 0 Å². The molecule has 20 heavy (non-hydrogen) atoms. The number of anilines is 2. The van der Waals surface area contributed by atoms with Gasteiger partial charge in [-0.05, 0) is 58.6 Å². The summed E-state index contributed by atoms with van der Waals surface area (Å²) in [6, 6.07) is 10.1. The molecule has 0 saturated carbocycles. The highest BCUT2D eigenvalue weighted by atomic mass is 79.9. The lowest BCUT2D eigenvalue weighted by Gasteiger charge is -2.24. The number of aryl methyl sites for hydroxylation is 1. The minimum Gasteiger partial charge on any atom is -0.399 e. The summed E-state index contributed by atoms with van der Waals surface area (Å²) in [5.74, 6) is 1.01. The van der Waals surface area contributed by atoms with Gasteiger partial charge in [-0.25, -0.2) is 4.98 Å². The van der Waals surface area contributed by atoms with Crippen LogP contribution in [-0.2, 0) is 6.54 Å². The molecule has 1 heterocycles. The predicted octanol–water partition coefficient (Wildman–Crippen LogP) is 4.15. The Kier molecular flexibility index (Phi) is 5.01. The first-order chi connectivity index (χ1) is 9.60. The number of nitrogens with zero attached hydrogens (tertiary/aromatic N) is 2. The van der Waals surface area contributed by atoms with Crippen LogP contribution >= 0.6 is 15.9 Å². The van der Waals surface area contributed by atoms with E-state index >= 15 is 0 Å². The van der Waals surface area contributed by atoms with E-state index in [2.05, 4.69) is 51.8 Å². The van der Waals surface area contributed by atoms with Gasteiger partial charge in [0.25, 0.3) is 0 Å². The highest BCUT2D eigenvalue weighted by molar-refractivity contribution is 9.10. The van der Waals surface area contributed by atoms with E-state index in [4.69, 9.17) is 5.73 Å². The van der Waals surface area contributed by atoms with E-state index in [1.165, 1.54) is 11.1 Å². The average molecular weight is 334 g/mol. The monoisotopic (exact) mass is 333 g/mol. The van der Waals surface area contributed by atoms with Crippen LogP contribution in [0.15, 0.2) is 41.0 Å².